The van der Waals surface area contributed by atoms with Gasteiger partial charge in [-0.05, 0) is 56.3 Å². The number of likely N-dealkylation sites (N-methyl/N-ethyl adjacent to an activating group) is 1. The Morgan fingerprint density at radius 3 is 2.49 bits per heavy atom. The Hall–Kier alpha value is -4.18. The fourth-order valence-electron chi connectivity index (χ4n) is 7.30. The predicted molar refractivity (Wildman–Crippen MR) is 172 cm³/mol. The van der Waals surface area contributed by atoms with Gasteiger partial charge in [-0.25, -0.2) is 0 Å². The lowest BCUT2D eigenvalue weighted by Gasteiger charge is -2.45. The molecule has 3 N–H and O–H groups in total. The standard InChI is InChI=1S/C35H44N6O4/c1-23(36-2)33(43)38-32(25-13-7-4-8-14-25)35(45)40-22-31(42)41-29(19-26-20-37-28-16-10-9-15-27(26)28)34(44)39(21-30(40)41)18-17-24-11-5-3-6-12-24/h3,5-6,9-12,15-16,20,23,25,29-30,32,36-37H,4,7-8,13-14,17-19,21-22H2,1-2H3,(H,38,43)/t23-,29-,30?,32-/m0/s1. The summed E-state index contributed by atoms with van der Waals surface area (Å²) in [5.74, 6) is -0.793. The van der Waals surface area contributed by atoms with Crippen LogP contribution in [0.25, 0.3) is 10.9 Å². The van der Waals surface area contributed by atoms with E-state index in [1.165, 1.54) is 0 Å². The average molecular weight is 613 g/mol. The second-order valence-corrected chi connectivity index (χ2v) is 12.7. The molecule has 2 saturated heterocycles. The van der Waals surface area contributed by atoms with Crippen molar-refractivity contribution in [2.45, 2.75) is 76.2 Å². The number of aromatic amines is 1. The first kappa shape index (κ1) is 30.8. The normalized spacial score (nSPS) is 22.0. The Balaban J connectivity index is 1.31. The van der Waals surface area contributed by atoms with E-state index in [0.717, 1.165) is 54.1 Å². The summed E-state index contributed by atoms with van der Waals surface area (Å²) in [4.78, 5) is 63.9. The van der Waals surface area contributed by atoms with Gasteiger partial charge in [0.2, 0.25) is 23.6 Å². The maximum Gasteiger partial charge on any atom is 0.247 e. The number of carbonyl (C=O) groups is 4. The molecule has 4 amide bonds. The zero-order valence-electron chi connectivity index (χ0n) is 26.2. The second kappa shape index (κ2) is 13.4. The summed E-state index contributed by atoms with van der Waals surface area (Å²) in [5, 5.41) is 7.03. The summed E-state index contributed by atoms with van der Waals surface area (Å²) in [6.07, 6.45) is 7.17. The molecule has 45 heavy (non-hydrogen) atoms. The molecule has 2 aromatic carbocycles. The SMILES string of the molecule is CN[C@@H](C)C(=O)N[C@H](C(=O)N1CC(=O)N2C1CN(CCc1ccccc1)C(=O)[C@@H]2Cc1c[nH]c2ccccc12)C1CCCCC1. The Labute approximate surface area is 264 Å². The third-order valence-electron chi connectivity index (χ3n) is 9.99. The Kier molecular flexibility index (Phi) is 9.21. The van der Waals surface area contributed by atoms with Crippen LogP contribution >= 0.6 is 0 Å². The minimum absolute atomic E-state index is 0.00447. The maximum absolute atomic E-state index is 14.5. The van der Waals surface area contributed by atoms with Gasteiger partial charge in [0.25, 0.3) is 0 Å². The Bertz CT molecular complexity index is 1530. The van der Waals surface area contributed by atoms with Gasteiger partial charge in [-0.2, -0.15) is 0 Å². The molecule has 4 atom stereocenters. The van der Waals surface area contributed by atoms with E-state index in [2.05, 4.69) is 15.6 Å². The highest BCUT2D eigenvalue weighted by Crippen LogP contribution is 2.33. The van der Waals surface area contributed by atoms with Crippen molar-refractivity contribution in [3.8, 4) is 0 Å². The number of aromatic nitrogens is 1. The third-order valence-corrected chi connectivity index (χ3v) is 9.99. The monoisotopic (exact) mass is 612 g/mol. The summed E-state index contributed by atoms with van der Waals surface area (Å²) in [5.41, 5.74) is 3.05. The average Bonchev–Trinajstić information content (AvgIpc) is 3.64. The second-order valence-electron chi connectivity index (χ2n) is 12.7. The molecule has 0 radical (unpaired) electrons. The number of benzene rings is 2. The molecule has 2 aliphatic heterocycles. The molecule has 3 heterocycles. The van der Waals surface area contributed by atoms with Gasteiger partial charge in [0.05, 0.1) is 12.6 Å². The number of para-hydroxylation sites is 1. The molecule has 3 fully saturated rings. The van der Waals surface area contributed by atoms with E-state index in [4.69, 9.17) is 0 Å². The molecule has 1 aliphatic carbocycles. The number of hydrogen-bond acceptors (Lipinski definition) is 5. The van der Waals surface area contributed by atoms with Gasteiger partial charge < -0.3 is 30.3 Å². The molecule has 238 valence electrons. The fourth-order valence-corrected chi connectivity index (χ4v) is 7.30. The quantitative estimate of drug-likeness (QED) is 0.326. The lowest BCUT2D eigenvalue weighted by molar-refractivity contribution is -0.156. The number of amides is 4. The number of nitrogens with zero attached hydrogens (tertiary/aromatic N) is 3. The van der Waals surface area contributed by atoms with Crippen LogP contribution < -0.4 is 10.6 Å². The number of piperazine rings is 1. The molecule has 1 aromatic heterocycles. The molecule has 6 rings (SSSR count). The van der Waals surface area contributed by atoms with Crippen molar-refractivity contribution >= 4 is 34.5 Å². The number of nitrogens with one attached hydrogen (secondary N) is 3. The zero-order valence-corrected chi connectivity index (χ0v) is 26.2. The first-order valence-corrected chi connectivity index (χ1v) is 16.3. The molecule has 3 aromatic rings. The Morgan fingerprint density at radius 1 is 1.00 bits per heavy atom. The van der Waals surface area contributed by atoms with Crippen LogP contribution in [0.15, 0.2) is 60.8 Å². The third kappa shape index (κ3) is 6.33. The fraction of sp³-hybridized carbons (Fsp3) is 0.486. The summed E-state index contributed by atoms with van der Waals surface area (Å²) in [6, 6.07) is 16.1. The summed E-state index contributed by atoms with van der Waals surface area (Å²) >= 11 is 0. The largest absolute Gasteiger partial charge is 0.361 e. The van der Waals surface area contributed by atoms with Gasteiger partial charge in [-0.3, -0.25) is 19.2 Å². The van der Waals surface area contributed by atoms with Crippen molar-refractivity contribution in [2.75, 3.05) is 26.7 Å². The van der Waals surface area contributed by atoms with E-state index in [9.17, 15) is 19.2 Å². The molecule has 1 unspecified atom stereocenters. The van der Waals surface area contributed by atoms with Gasteiger partial charge in [-0.1, -0.05) is 67.8 Å². The number of carbonyl (C=O) groups excluding carboxylic acids is 4. The predicted octanol–water partition coefficient (Wildman–Crippen LogP) is 2.83. The lowest BCUT2D eigenvalue weighted by Crippen LogP contribution is -2.66. The lowest BCUT2D eigenvalue weighted by atomic mass is 9.83. The van der Waals surface area contributed by atoms with Crippen molar-refractivity contribution in [1.29, 1.82) is 0 Å². The molecule has 0 spiro atoms. The highest BCUT2D eigenvalue weighted by atomic mass is 16.2. The van der Waals surface area contributed by atoms with Crippen LogP contribution in [0, 0.1) is 5.92 Å². The number of hydrogen-bond donors (Lipinski definition) is 3. The zero-order chi connectivity index (χ0) is 31.5. The van der Waals surface area contributed by atoms with E-state index < -0.39 is 24.3 Å². The van der Waals surface area contributed by atoms with Crippen LogP contribution in [0.2, 0.25) is 0 Å². The first-order chi connectivity index (χ1) is 21.9. The highest BCUT2D eigenvalue weighted by Gasteiger charge is 2.52. The maximum atomic E-state index is 14.5. The molecule has 10 nitrogen and oxygen atoms in total. The van der Waals surface area contributed by atoms with Crippen molar-refractivity contribution in [2.24, 2.45) is 5.92 Å². The van der Waals surface area contributed by atoms with Crippen LogP contribution in [0.3, 0.4) is 0 Å². The molecule has 1 saturated carbocycles. The van der Waals surface area contributed by atoms with Crippen LogP contribution in [0.4, 0.5) is 0 Å². The molecule has 3 aliphatic rings. The molecule has 10 heteroatoms. The molecular weight excluding hydrogens is 568 g/mol. The van der Waals surface area contributed by atoms with Crippen LogP contribution in [-0.4, -0.2) is 94.3 Å². The van der Waals surface area contributed by atoms with E-state index in [1.807, 2.05) is 65.7 Å². The van der Waals surface area contributed by atoms with Crippen molar-refractivity contribution in [3.63, 3.8) is 0 Å². The van der Waals surface area contributed by atoms with Crippen LogP contribution in [0.5, 0.6) is 0 Å². The van der Waals surface area contributed by atoms with Gasteiger partial charge >= 0.3 is 0 Å². The summed E-state index contributed by atoms with van der Waals surface area (Å²) in [7, 11) is 1.72. The molecule has 0 bridgehead atoms. The highest BCUT2D eigenvalue weighted by molar-refractivity contribution is 5.97. The van der Waals surface area contributed by atoms with Crippen molar-refractivity contribution in [1.82, 2.24) is 30.3 Å². The summed E-state index contributed by atoms with van der Waals surface area (Å²) < 4.78 is 0. The van der Waals surface area contributed by atoms with Crippen LogP contribution in [-0.2, 0) is 32.0 Å². The minimum Gasteiger partial charge on any atom is -0.361 e. The van der Waals surface area contributed by atoms with Gasteiger partial charge in [0, 0.05) is 30.1 Å². The smallest absolute Gasteiger partial charge is 0.247 e. The van der Waals surface area contributed by atoms with Crippen molar-refractivity contribution in [3.05, 3.63) is 71.9 Å². The Morgan fingerprint density at radius 2 is 1.73 bits per heavy atom. The van der Waals surface area contributed by atoms with Gasteiger partial charge in [-0.15, -0.1) is 0 Å². The molecular formula is C35H44N6O4. The number of H-pyrrole nitrogens is 1. The first-order valence-electron chi connectivity index (χ1n) is 16.3. The summed E-state index contributed by atoms with van der Waals surface area (Å²) in [6.45, 7) is 2.39. The topological polar surface area (TPSA) is 118 Å². The number of fused-ring (bicyclic) bond motifs is 2. The van der Waals surface area contributed by atoms with Crippen LogP contribution in [0.1, 0.15) is 50.2 Å². The minimum atomic E-state index is -0.740. The van der Waals surface area contributed by atoms with Gasteiger partial charge in [0.15, 0.2) is 0 Å². The van der Waals surface area contributed by atoms with E-state index in [1.54, 1.807) is 23.8 Å². The van der Waals surface area contributed by atoms with E-state index in [-0.39, 0.29) is 42.6 Å². The number of rotatable bonds is 10. The van der Waals surface area contributed by atoms with Gasteiger partial charge in [0.1, 0.15) is 24.8 Å². The van der Waals surface area contributed by atoms with E-state index >= 15 is 0 Å². The van der Waals surface area contributed by atoms with Crippen molar-refractivity contribution < 1.29 is 19.2 Å². The van der Waals surface area contributed by atoms with E-state index in [0.29, 0.717) is 19.4 Å².